The largest absolute Gasteiger partial charge is 0.328 e. The van der Waals surface area contributed by atoms with Crippen molar-refractivity contribution in [2.24, 2.45) is 11.7 Å². The SMILES string of the molecule is Cl.Cl.NC1CCCC(C(=O)Nc2ccc3c(c2)CCN3C(=O)c2cccnc2)C1. The summed E-state index contributed by atoms with van der Waals surface area (Å²) in [7, 11) is 0. The summed E-state index contributed by atoms with van der Waals surface area (Å²) in [5.41, 5.74) is 9.34. The molecule has 0 spiro atoms. The fourth-order valence-corrected chi connectivity index (χ4v) is 4.05. The van der Waals surface area contributed by atoms with E-state index < -0.39 is 0 Å². The van der Waals surface area contributed by atoms with Crippen molar-refractivity contribution in [1.82, 2.24) is 4.98 Å². The molecule has 1 aromatic heterocycles. The Morgan fingerprint density at radius 1 is 1.17 bits per heavy atom. The van der Waals surface area contributed by atoms with Gasteiger partial charge in [0.25, 0.3) is 5.91 Å². The van der Waals surface area contributed by atoms with Gasteiger partial charge in [-0.15, -0.1) is 24.8 Å². The van der Waals surface area contributed by atoms with Crippen LogP contribution in [0.15, 0.2) is 42.7 Å². The molecule has 1 saturated carbocycles. The second-order valence-corrected chi connectivity index (χ2v) is 7.40. The van der Waals surface area contributed by atoms with Gasteiger partial charge in [-0.3, -0.25) is 14.6 Å². The normalized spacial score (nSPS) is 20.1. The molecule has 4 rings (SSSR count). The van der Waals surface area contributed by atoms with Gasteiger partial charge in [-0.05, 0) is 61.6 Å². The minimum Gasteiger partial charge on any atom is -0.328 e. The van der Waals surface area contributed by atoms with E-state index in [2.05, 4.69) is 10.3 Å². The van der Waals surface area contributed by atoms with Gasteiger partial charge in [0.1, 0.15) is 0 Å². The maximum Gasteiger partial charge on any atom is 0.259 e. The first kappa shape index (κ1) is 23.1. The van der Waals surface area contributed by atoms with Crippen molar-refractivity contribution in [3.63, 3.8) is 0 Å². The van der Waals surface area contributed by atoms with Gasteiger partial charge in [-0.1, -0.05) is 6.42 Å². The minimum absolute atomic E-state index is 0. The second-order valence-electron chi connectivity index (χ2n) is 7.40. The van der Waals surface area contributed by atoms with Crippen LogP contribution in [0.1, 0.15) is 41.6 Å². The van der Waals surface area contributed by atoms with Crippen LogP contribution < -0.4 is 16.0 Å². The molecule has 1 aromatic carbocycles. The molecular formula is C21H26Cl2N4O2. The Morgan fingerprint density at radius 2 is 2.00 bits per heavy atom. The third-order valence-corrected chi connectivity index (χ3v) is 5.48. The van der Waals surface area contributed by atoms with Crippen molar-refractivity contribution < 1.29 is 9.59 Å². The molecule has 0 saturated heterocycles. The smallest absolute Gasteiger partial charge is 0.259 e. The summed E-state index contributed by atoms with van der Waals surface area (Å²) in [6.45, 7) is 0.637. The first-order valence-electron chi connectivity index (χ1n) is 9.53. The van der Waals surface area contributed by atoms with Gasteiger partial charge in [0.05, 0.1) is 5.56 Å². The summed E-state index contributed by atoms with van der Waals surface area (Å²) < 4.78 is 0. The quantitative estimate of drug-likeness (QED) is 0.769. The molecule has 2 aromatic rings. The van der Waals surface area contributed by atoms with Crippen LogP contribution in [0.25, 0.3) is 0 Å². The number of carbonyl (C=O) groups excluding carboxylic acids is 2. The van der Waals surface area contributed by atoms with Gasteiger partial charge in [0, 0.05) is 42.3 Å². The summed E-state index contributed by atoms with van der Waals surface area (Å²) >= 11 is 0. The molecule has 3 N–H and O–H groups in total. The summed E-state index contributed by atoms with van der Waals surface area (Å²) in [5, 5.41) is 3.03. The maximum absolute atomic E-state index is 12.7. The molecular weight excluding hydrogens is 411 g/mol. The number of hydrogen-bond acceptors (Lipinski definition) is 4. The molecule has 6 nitrogen and oxygen atoms in total. The maximum atomic E-state index is 12.7. The van der Waals surface area contributed by atoms with Crippen molar-refractivity contribution in [2.75, 3.05) is 16.8 Å². The number of nitrogens with two attached hydrogens (primary N) is 1. The van der Waals surface area contributed by atoms with E-state index in [-0.39, 0.29) is 48.6 Å². The van der Waals surface area contributed by atoms with E-state index in [1.807, 2.05) is 18.2 Å². The molecule has 0 radical (unpaired) electrons. The Balaban J connectivity index is 0.00000150. The van der Waals surface area contributed by atoms with Crippen LogP contribution in [0.3, 0.4) is 0 Å². The van der Waals surface area contributed by atoms with Crippen LogP contribution in [0.5, 0.6) is 0 Å². The Labute approximate surface area is 183 Å². The fourth-order valence-electron chi connectivity index (χ4n) is 4.05. The highest BCUT2D eigenvalue weighted by Crippen LogP contribution is 2.32. The highest BCUT2D eigenvalue weighted by Gasteiger charge is 2.28. The number of halogens is 2. The average molecular weight is 437 g/mol. The van der Waals surface area contributed by atoms with Gasteiger partial charge >= 0.3 is 0 Å². The molecule has 2 unspecified atom stereocenters. The topological polar surface area (TPSA) is 88.3 Å². The Morgan fingerprint density at radius 3 is 2.72 bits per heavy atom. The van der Waals surface area contributed by atoms with E-state index >= 15 is 0 Å². The number of nitrogens with one attached hydrogen (secondary N) is 1. The highest BCUT2D eigenvalue weighted by molar-refractivity contribution is 6.07. The Bertz CT molecular complexity index is 863. The molecule has 0 bridgehead atoms. The lowest BCUT2D eigenvalue weighted by molar-refractivity contribution is -0.120. The first-order valence-corrected chi connectivity index (χ1v) is 9.53. The number of carbonyl (C=O) groups is 2. The zero-order chi connectivity index (χ0) is 18.8. The fraction of sp³-hybridized carbons (Fsp3) is 0.381. The van der Waals surface area contributed by atoms with Crippen molar-refractivity contribution in [3.8, 4) is 0 Å². The number of nitrogens with zero attached hydrogens (tertiary/aromatic N) is 2. The number of anilines is 2. The number of amides is 2. The zero-order valence-corrected chi connectivity index (χ0v) is 17.7. The molecule has 2 atom stereocenters. The van der Waals surface area contributed by atoms with Crippen LogP contribution in [0.2, 0.25) is 0 Å². The lowest BCUT2D eigenvalue weighted by Crippen LogP contribution is -2.34. The van der Waals surface area contributed by atoms with Crippen LogP contribution in [0, 0.1) is 5.92 Å². The Kier molecular flexibility index (Phi) is 8.02. The molecule has 2 heterocycles. The average Bonchev–Trinajstić information content (AvgIpc) is 3.11. The van der Waals surface area contributed by atoms with E-state index in [4.69, 9.17) is 5.73 Å². The van der Waals surface area contributed by atoms with Crippen molar-refractivity contribution in [1.29, 1.82) is 0 Å². The first-order chi connectivity index (χ1) is 13.1. The van der Waals surface area contributed by atoms with Crippen molar-refractivity contribution >= 4 is 48.0 Å². The standard InChI is InChI=1S/C21H24N4O2.2ClH/c22-17-5-1-3-15(11-17)20(26)24-18-6-7-19-14(12-18)8-10-25(19)21(27)16-4-2-9-23-13-16;;/h2,4,6-7,9,12-13,15,17H,1,3,5,8,10-11,22H2,(H,24,26);2*1H. The summed E-state index contributed by atoms with van der Waals surface area (Å²) in [5.74, 6) is -0.00752. The van der Waals surface area contributed by atoms with Crippen molar-refractivity contribution in [2.45, 2.75) is 38.1 Å². The Hall–Kier alpha value is -2.15. The number of pyridine rings is 1. The predicted molar refractivity (Wildman–Crippen MR) is 119 cm³/mol. The minimum atomic E-state index is -0.0465. The number of hydrogen-bond donors (Lipinski definition) is 2. The number of rotatable bonds is 3. The molecule has 1 aliphatic carbocycles. The van der Waals surface area contributed by atoms with Gasteiger partial charge in [0.15, 0.2) is 0 Å². The van der Waals surface area contributed by atoms with Crippen molar-refractivity contribution in [3.05, 3.63) is 53.9 Å². The molecule has 1 fully saturated rings. The van der Waals surface area contributed by atoms with Gasteiger partial charge in [0.2, 0.25) is 5.91 Å². The lowest BCUT2D eigenvalue weighted by Gasteiger charge is -2.25. The van der Waals surface area contributed by atoms with E-state index in [0.29, 0.717) is 12.1 Å². The molecule has 2 amide bonds. The number of fused-ring (bicyclic) bond motifs is 1. The number of benzene rings is 1. The summed E-state index contributed by atoms with van der Waals surface area (Å²) in [6, 6.07) is 9.43. The number of aromatic nitrogens is 1. The van der Waals surface area contributed by atoms with Gasteiger partial charge < -0.3 is 16.0 Å². The summed E-state index contributed by atoms with van der Waals surface area (Å²) in [6.07, 6.45) is 7.69. The van der Waals surface area contributed by atoms with E-state index in [1.54, 1.807) is 29.4 Å². The zero-order valence-electron chi connectivity index (χ0n) is 16.0. The lowest BCUT2D eigenvalue weighted by atomic mass is 9.85. The molecule has 8 heteroatoms. The van der Waals surface area contributed by atoms with Crippen LogP contribution in [-0.2, 0) is 11.2 Å². The van der Waals surface area contributed by atoms with Crippen LogP contribution in [-0.4, -0.2) is 29.4 Å². The molecule has 2 aliphatic rings. The monoisotopic (exact) mass is 436 g/mol. The van der Waals surface area contributed by atoms with E-state index in [1.165, 1.54) is 0 Å². The predicted octanol–water partition coefficient (Wildman–Crippen LogP) is 3.58. The third kappa shape index (κ3) is 5.07. The molecule has 29 heavy (non-hydrogen) atoms. The van der Waals surface area contributed by atoms with Crippen LogP contribution >= 0.6 is 24.8 Å². The third-order valence-electron chi connectivity index (χ3n) is 5.48. The van der Waals surface area contributed by atoms with Crippen LogP contribution in [0.4, 0.5) is 11.4 Å². The van der Waals surface area contributed by atoms with Gasteiger partial charge in [-0.25, -0.2) is 0 Å². The van der Waals surface area contributed by atoms with E-state index in [9.17, 15) is 9.59 Å². The molecule has 1 aliphatic heterocycles. The highest BCUT2D eigenvalue weighted by atomic mass is 35.5. The van der Waals surface area contributed by atoms with Gasteiger partial charge in [-0.2, -0.15) is 0 Å². The summed E-state index contributed by atoms with van der Waals surface area (Å²) in [4.78, 5) is 31.0. The molecule has 156 valence electrons. The van der Waals surface area contributed by atoms with E-state index in [0.717, 1.165) is 49.0 Å². The second kappa shape index (κ2) is 10.1.